The van der Waals surface area contributed by atoms with Gasteiger partial charge in [0.15, 0.2) is 11.6 Å². The molecule has 0 aliphatic carbocycles. The van der Waals surface area contributed by atoms with Crippen LogP contribution < -0.4 is 4.74 Å². The van der Waals surface area contributed by atoms with E-state index in [0.717, 1.165) is 35.9 Å². The van der Waals surface area contributed by atoms with Crippen LogP contribution in [-0.2, 0) is 19.6 Å². The summed E-state index contributed by atoms with van der Waals surface area (Å²) in [7, 11) is 1.62. The Morgan fingerprint density at radius 3 is 2.89 bits per heavy atom. The summed E-state index contributed by atoms with van der Waals surface area (Å²) < 4.78 is 9.32. The number of amides is 1. The fourth-order valence-corrected chi connectivity index (χ4v) is 3.42. The van der Waals surface area contributed by atoms with E-state index >= 15 is 0 Å². The van der Waals surface area contributed by atoms with Gasteiger partial charge in [0.1, 0.15) is 5.75 Å². The van der Waals surface area contributed by atoms with Crippen molar-refractivity contribution in [1.29, 1.82) is 0 Å². The molecule has 27 heavy (non-hydrogen) atoms. The van der Waals surface area contributed by atoms with Crippen LogP contribution in [-0.4, -0.2) is 48.8 Å². The summed E-state index contributed by atoms with van der Waals surface area (Å²) >= 11 is 0. The highest BCUT2D eigenvalue weighted by Crippen LogP contribution is 2.21. The van der Waals surface area contributed by atoms with Gasteiger partial charge in [0.2, 0.25) is 0 Å². The number of fused-ring (bicyclic) bond motifs is 1. The molecular weight excluding hydrogens is 344 g/mol. The molecule has 2 aromatic heterocycles. The molecule has 0 atom stereocenters. The van der Waals surface area contributed by atoms with Crippen LogP contribution in [0.15, 0.2) is 36.9 Å². The van der Waals surface area contributed by atoms with Crippen molar-refractivity contribution in [2.75, 3.05) is 13.7 Å². The molecule has 0 spiro atoms. The topological polar surface area (TPSA) is 78.1 Å². The molecule has 3 heterocycles. The number of aromatic nitrogens is 5. The maximum Gasteiger partial charge on any atom is 0.254 e. The first-order valence-corrected chi connectivity index (χ1v) is 8.96. The van der Waals surface area contributed by atoms with Crippen molar-refractivity contribution < 1.29 is 9.53 Å². The van der Waals surface area contributed by atoms with Gasteiger partial charge in [0.05, 0.1) is 26.5 Å². The van der Waals surface area contributed by atoms with Gasteiger partial charge in [0.25, 0.3) is 5.91 Å². The predicted molar refractivity (Wildman–Crippen MR) is 98.4 cm³/mol. The van der Waals surface area contributed by atoms with Gasteiger partial charge < -0.3 is 18.8 Å². The van der Waals surface area contributed by atoms with Gasteiger partial charge in [0, 0.05) is 31.0 Å². The molecule has 0 saturated heterocycles. The van der Waals surface area contributed by atoms with E-state index in [4.69, 9.17) is 4.74 Å². The van der Waals surface area contributed by atoms with E-state index in [2.05, 4.69) is 19.7 Å². The van der Waals surface area contributed by atoms with E-state index in [9.17, 15) is 4.79 Å². The Kier molecular flexibility index (Phi) is 4.62. The second-order valence-corrected chi connectivity index (χ2v) is 6.68. The van der Waals surface area contributed by atoms with E-state index in [1.54, 1.807) is 19.6 Å². The number of imidazole rings is 1. The van der Waals surface area contributed by atoms with Crippen molar-refractivity contribution in [3.63, 3.8) is 0 Å². The molecule has 1 aromatic carbocycles. The second kappa shape index (κ2) is 7.22. The SMILES string of the molecule is COc1ccc(C(=O)N2CCCn3c(nnc3Cn3ccnc3)C2)c(C)c1. The Hall–Kier alpha value is -3.16. The molecule has 0 radical (unpaired) electrons. The largest absolute Gasteiger partial charge is 0.497 e. The molecule has 1 aliphatic heterocycles. The second-order valence-electron chi connectivity index (χ2n) is 6.68. The number of aryl methyl sites for hydroxylation is 1. The average Bonchev–Trinajstić information content (AvgIpc) is 3.26. The quantitative estimate of drug-likeness (QED) is 0.705. The minimum absolute atomic E-state index is 0.0164. The minimum atomic E-state index is 0.0164. The van der Waals surface area contributed by atoms with Gasteiger partial charge in [-0.2, -0.15) is 0 Å². The zero-order valence-electron chi connectivity index (χ0n) is 15.5. The third-order valence-electron chi connectivity index (χ3n) is 4.88. The smallest absolute Gasteiger partial charge is 0.254 e. The van der Waals surface area contributed by atoms with E-state index in [1.807, 2.05) is 40.8 Å². The van der Waals surface area contributed by atoms with E-state index in [1.165, 1.54) is 0 Å². The number of ether oxygens (including phenoxy) is 1. The van der Waals surface area contributed by atoms with E-state index < -0.39 is 0 Å². The Morgan fingerprint density at radius 1 is 1.26 bits per heavy atom. The number of benzene rings is 1. The van der Waals surface area contributed by atoms with Crippen LogP contribution in [0, 0.1) is 6.92 Å². The molecule has 4 rings (SSSR count). The van der Waals surface area contributed by atoms with E-state index in [-0.39, 0.29) is 5.91 Å². The van der Waals surface area contributed by atoms with Crippen LogP contribution in [0.25, 0.3) is 0 Å². The van der Waals surface area contributed by atoms with Gasteiger partial charge >= 0.3 is 0 Å². The molecule has 0 bridgehead atoms. The molecular formula is C19H22N6O2. The minimum Gasteiger partial charge on any atom is -0.497 e. The Bertz CT molecular complexity index is 947. The summed E-state index contributed by atoms with van der Waals surface area (Å²) in [5.74, 6) is 2.48. The number of hydrogen-bond acceptors (Lipinski definition) is 5. The Balaban J connectivity index is 1.55. The number of methoxy groups -OCH3 is 1. The molecule has 0 fully saturated rings. The van der Waals surface area contributed by atoms with E-state index in [0.29, 0.717) is 25.2 Å². The molecule has 1 amide bonds. The molecule has 0 saturated carbocycles. The zero-order valence-corrected chi connectivity index (χ0v) is 15.5. The van der Waals surface area contributed by atoms with Crippen molar-refractivity contribution in [3.05, 3.63) is 59.7 Å². The van der Waals surface area contributed by atoms with Crippen LogP contribution in [0.4, 0.5) is 0 Å². The normalized spacial score (nSPS) is 13.9. The van der Waals surface area contributed by atoms with Crippen LogP contribution in [0.5, 0.6) is 5.75 Å². The highest BCUT2D eigenvalue weighted by Gasteiger charge is 2.24. The van der Waals surface area contributed by atoms with Crippen LogP contribution in [0.2, 0.25) is 0 Å². The lowest BCUT2D eigenvalue weighted by Gasteiger charge is -2.20. The summed E-state index contributed by atoms with van der Waals surface area (Å²) in [6.07, 6.45) is 6.28. The van der Waals surface area contributed by atoms with Gasteiger partial charge in [-0.3, -0.25) is 4.79 Å². The summed E-state index contributed by atoms with van der Waals surface area (Å²) in [6, 6.07) is 5.54. The summed E-state index contributed by atoms with van der Waals surface area (Å²) in [5.41, 5.74) is 1.60. The number of carbonyl (C=O) groups is 1. The summed E-state index contributed by atoms with van der Waals surface area (Å²) in [6.45, 7) is 4.51. The Labute approximate surface area is 157 Å². The summed E-state index contributed by atoms with van der Waals surface area (Å²) in [5, 5.41) is 8.67. The van der Waals surface area contributed by atoms with Gasteiger partial charge in [-0.25, -0.2) is 4.98 Å². The molecule has 8 nitrogen and oxygen atoms in total. The monoisotopic (exact) mass is 366 g/mol. The van der Waals surface area contributed by atoms with Crippen molar-refractivity contribution in [2.24, 2.45) is 0 Å². The average molecular weight is 366 g/mol. The summed E-state index contributed by atoms with van der Waals surface area (Å²) in [4.78, 5) is 19.0. The third-order valence-corrected chi connectivity index (χ3v) is 4.88. The lowest BCUT2D eigenvalue weighted by Crippen LogP contribution is -2.31. The fourth-order valence-electron chi connectivity index (χ4n) is 3.42. The molecule has 8 heteroatoms. The first kappa shape index (κ1) is 17.3. The lowest BCUT2D eigenvalue weighted by atomic mass is 10.1. The number of carbonyl (C=O) groups excluding carboxylic acids is 1. The van der Waals surface area contributed by atoms with Crippen molar-refractivity contribution in [1.82, 2.24) is 29.2 Å². The van der Waals surface area contributed by atoms with Crippen molar-refractivity contribution in [2.45, 2.75) is 33.0 Å². The molecule has 0 N–H and O–H groups in total. The van der Waals surface area contributed by atoms with Gasteiger partial charge in [-0.05, 0) is 37.1 Å². The number of nitrogens with zero attached hydrogens (tertiary/aromatic N) is 6. The molecule has 1 aliphatic rings. The molecule has 0 unspecified atom stereocenters. The highest BCUT2D eigenvalue weighted by atomic mass is 16.5. The number of hydrogen-bond donors (Lipinski definition) is 0. The lowest BCUT2D eigenvalue weighted by molar-refractivity contribution is 0.0743. The zero-order chi connectivity index (χ0) is 18.8. The molecule has 140 valence electrons. The maximum absolute atomic E-state index is 13.1. The first-order valence-electron chi connectivity index (χ1n) is 8.96. The standard InChI is InChI=1S/C19H22N6O2/c1-14-10-15(27-2)4-5-16(14)19(26)24-7-3-8-25-17(21-22-18(25)12-24)11-23-9-6-20-13-23/h4-6,9-10,13H,3,7-8,11-12H2,1-2H3. The third kappa shape index (κ3) is 3.42. The Morgan fingerprint density at radius 2 is 2.15 bits per heavy atom. The highest BCUT2D eigenvalue weighted by molar-refractivity contribution is 5.95. The van der Waals surface area contributed by atoms with Gasteiger partial charge in [-0.1, -0.05) is 0 Å². The fraction of sp³-hybridized carbons (Fsp3) is 0.368. The van der Waals surface area contributed by atoms with Crippen molar-refractivity contribution in [3.8, 4) is 5.75 Å². The van der Waals surface area contributed by atoms with Crippen molar-refractivity contribution >= 4 is 5.91 Å². The maximum atomic E-state index is 13.1. The number of rotatable bonds is 4. The first-order chi connectivity index (χ1) is 13.2. The predicted octanol–water partition coefficient (Wildman–Crippen LogP) is 1.89. The van der Waals surface area contributed by atoms with Crippen LogP contribution in [0.1, 0.15) is 34.0 Å². The van der Waals surface area contributed by atoms with Crippen LogP contribution in [0.3, 0.4) is 0 Å². The molecule has 3 aromatic rings. The van der Waals surface area contributed by atoms with Gasteiger partial charge in [-0.15, -0.1) is 10.2 Å². The van der Waals surface area contributed by atoms with Crippen LogP contribution >= 0.6 is 0 Å².